The fourth-order valence-corrected chi connectivity index (χ4v) is 3.18. The second-order valence-electron chi connectivity index (χ2n) is 5.73. The Hall–Kier alpha value is -0.860. The van der Waals surface area contributed by atoms with E-state index in [4.69, 9.17) is 10.5 Å². The van der Waals surface area contributed by atoms with E-state index in [2.05, 4.69) is 24.3 Å². The Morgan fingerprint density at radius 2 is 2.00 bits per heavy atom. The minimum absolute atomic E-state index is 0.143. The highest BCUT2D eigenvalue weighted by molar-refractivity contribution is 5.34. The van der Waals surface area contributed by atoms with Gasteiger partial charge in [0, 0.05) is 12.6 Å². The van der Waals surface area contributed by atoms with Crippen LogP contribution in [0.3, 0.4) is 0 Å². The van der Waals surface area contributed by atoms with Gasteiger partial charge in [-0.1, -0.05) is 30.7 Å². The standard InChI is InChI=1S/C16H23NO/c17-16(11-13-7-4-10-18-13)15-9-2-1-8-14(15)12-5-3-6-12/h1-2,8-9,12-13,16H,3-7,10-11,17H2. The molecule has 2 atom stereocenters. The molecule has 2 nitrogen and oxygen atoms in total. The van der Waals surface area contributed by atoms with E-state index in [-0.39, 0.29) is 6.04 Å². The number of rotatable bonds is 4. The molecule has 0 bridgehead atoms. The second kappa shape index (κ2) is 5.41. The maximum absolute atomic E-state index is 6.41. The Balaban J connectivity index is 1.73. The van der Waals surface area contributed by atoms with Crippen molar-refractivity contribution in [2.45, 2.75) is 56.6 Å². The summed E-state index contributed by atoms with van der Waals surface area (Å²) in [5.41, 5.74) is 9.27. The third-order valence-electron chi connectivity index (χ3n) is 4.48. The van der Waals surface area contributed by atoms with Gasteiger partial charge in [-0.15, -0.1) is 0 Å². The molecule has 2 unspecified atom stereocenters. The second-order valence-corrected chi connectivity index (χ2v) is 5.73. The molecule has 3 rings (SSSR count). The van der Waals surface area contributed by atoms with E-state index in [1.54, 1.807) is 0 Å². The molecule has 2 heteroatoms. The Morgan fingerprint density at radius 3 is 2.67 bits per heavy atom. The molecule has 1 aliphatic heterocycles. The van der Waals surface area contributed by atoms with Gasteiger partial charge in [-0.25, -0.2) is 0 Å². The van der Waals surface area contributed by atoms with Crippen LogP contribution >= 0.6 is 0 Å². The number of nitrogens with two attached hydrogens (primary N) is 1. The van der Waals surface area contributed by atoms with Crippen LogP contribution in [0.25, 0.3) is 0 Å². The lowest BCUT2D eigenvalue weighted by atomic mass is 9.77. The Kier molecular flexibility index (Phi) is 3.67. The molecule has 0 aromatic heterocycles. The first-order valence-electron chi connectivity index (χ1n) is 7.30. The zero-order chi connectivity index (χ0) is 12.4. The van der Waals surface area contributed by atoms with Crippen LogP contribution in [0.15, 0.2) is 24.3 Å². The summed E-state index contributed by atoms with van der Waals surface area (Å²) in [6.45, 7) is 0.918. The zero-order valence-corrected chi connectivity index (χ0v) is 11.0. The topological polar surface area (TPSA) is 35.2 Å². The van der Waals surface area contributed by atoms with Crippen molar-refractivity contribution >= 4 is 0 Å². The predicted molar refractivity (Wildman–Crippen MR) is 73.6 cm³/mol. The summed E-state index contributed by atoms with van der Waals surface area (Å²) in [5.74, 6) is 0.761. The van der Waals surface area contributed by atoms with Crippen LogP contribution in [0.4, 0.5) is 0 Å². The normalized spacial score (nSPS) is 25.9. The highest BCUT2D eigenvalue weighted by atomic mass is 16.5. The van der Waals surface area contributed by atoms with Crippen LogP contribution in [0.5, 0.6) is 0 Å². The van der Waals surface area contributed by atoms with Crippen LogP contribution in [0.1, 0.15) is 61.6 Å². The van der Waals surface area contributed by atoms with E-state index in [0.29, 0.717) is 6.10 Å². The van der Waals surface area contributed by atoms with Gasteiger partial charge in [-0.2, -0.15) is 0 Å². The molecule has 1 saturated heterocycles. The number of hydrogen-bond donors (Lipinski definition) is 1. The molecule has 1 heterocycles. The highest BCUT2D eigenvalue weighted by Gasteiger charge is 2.25. The molecular formula is C16H23NO. The molecule has 0 spiro atoms. The molecule has 2 aliphatic rings. The SMILES string of the molecule is NC(CC1CCCO1)c1ccccc1C1CCC1. The van der Waals surface area contributed by atoms with Crippen molar-refractivity contribution in [1.82, 2.24) is 0 Å². The van der Waals surface area contributed by atoms with Gasteiger partial charge in [0.15, 0.2) is 0 Å². The van der Waals surface area contributed by atoms with Crippen LogP contribution < -0.4 is 5.73 Å². The molecule has 1 saturated carbocycles. The van der Waals surface area contributed by atoms with Gasteiger partial charge in [0.1, 0.15) is 0 Å². The maximum atomic E-state index is 6.41. The third-order valence-corrected chi connectivity index (χ3v) is 4.48. The van der Waals surface area contributed by atoms with Gasteiger partial charge in [0.2, 0.25) is 0 Å². The molecule has 0 amide bonds. The van der Waals surface area contributed by atoms with Gasteiger partial charge >= 0.3 is 0 Å². The molecule has 1 aromatic carbocycles. The zero-order valence-electron chi connectivity index (χ0n) is 11.0. The summed E-state index contributed by atoms with van der Waals surface area (Å²) in [4.78, 5) is 0. The molecule has 2 fully saturated rings. The van der Waals surface area contributed by atoms with Crippen LogP contribution in [-0.4, -0.2) is 12.7 Å². The summed E-state index contributed by atoms with van der Waals surface area (Å²) in [6, 6.07) is 8.90. The lowest BCUT2D eigenvalue weighted by molar-refractivity contribution is 0.0982. The number of hydrogen-bond acceptors (Lipinski definition) is 2. The average Bonchev–Trinajstić information content (AvgIpc) is 2.80. The third kappa shape index (κ3) is 2.45. The van der Waals surface area contributed by atoms with E-state index < -0.39 is 0 Å². The first kappa shape index (κ1) is 12.2. The van der Waals surface area contributed by atoms with Gasteiger partial charge < -0.3 is 10.5 Å². The average molecular weight is 245 g/mol. The van der Waals surface area contributed by atoms with E-state index in [0.717, 1.165) is 18.9 Å². The van der Waals surface area contributed by atoms with Crippen molar-refractivity contribution in [2.75, 3.05) is 6.61 Å². The summed E-state index contributed by atoms with van der Waals surface area (Å²) < 4.78 is 5.71. The minimum Gasteiger partial charge on any atom is -0.378 e. The largest absolute Gasteiger partial charge is 0.378 e. The summed E-state index contributed by atoms with van der Waals surface area (Å²) in [7, 11) is 0. The van der Waals surface area contributed by atoms with Gasteiger partial charge in [-0.05, 0) is 49.1 Å². The molecule has 1 aromatic rings. The first-order valence-corrected chi connectivity index (χ1v) is 7.30. The van der Waals surface area contributed by atoms with Crippen LogP contribution in [0, 0.1) is 0 Å². The van der Waals surface area contributed by atoms with Crippen molar-refractivity contribution in [3.63, 3.8) is 0 Å². The van der Waals surface area contributed by atoms with Gasteiger partial charge in [-0.3, -0.25) is 0 Å². The monoisotopic (exact) mass is 245 g/mol. The summed E-state index contributed by atoms with van der Waals surface area (Å²) in [5, 5.41) is 0. The van der Waals surface area contributed by atoms with E-state index in [1.807, 2.05) is 0 Å². The molecule has 98 valence electrons. The Labute approximate surface area is 110 Å². The van der Waals surface area contributed by atoms with E-state index in [9.17, 15) is 0 Å². The Bertz CT molecular complexity index is 394. The number of ether oxygens (including phenoxy) is 1. The Morgan fingerprint density at radius 1 is 1.17 bits per heavy atom. The van der Waals surface area contributed by atoms with Crippen LogP contribution in [-0.2, 0) is 4.74 Å². The number of benzene rings is 1. The molecule has 0 radical (unpaired) electrons. The van der Waals surface area contributed by atoms with Crippen molar-refractivity contribution in [3.05, 3.63) is 35.4 Å². The van der Waals surface area contributed by atoms with E-state index >= 15 is 0 Å². The maximum Gasteiger partial charge on any atom is 0.0594 e. The predicted octanol–water partition coefficient (Wildman–Crippen LogP) is 3.52. The minimum atomic E-state index is 0.143. The molecular weight excluding hydrogens is 222 g/mol. The van der Waals surface area contributed by atoms with Crippen LogP contribution in [0.2, 0.25) is 0 Å². The summed E-state index contributed by atoms with van der Waals surface area (Å²) >= 11 is 0. The van der Waals surface area contributed by atoms with E-state index in [1.165, 1.54) is 43.2 Å². The fraction of sp³-hybridized carbons (Fsp3) is 0.625. The molecule has 2 N–H and O–H groups in total. The fourth-order valence-electron chi connectivity index (χ4n) is 3.18. The lowest BCUT2D eigenvalue weighted by Gasteiger charge is -2.30. The molecule has 1 aliphatic carbocycles. The van der Waals surface area contributed by atoms with Crippen molar-refractivity contribution in [3.8, 4) is 0 Å². The molecule has 18 heavy (non-hydrogen) atoms. The van der Waals surface area contributed by atoms with Gasteiger partial charge in [0.25, 0.3) is 0 Å². The first-order chi connectivity index (χ1) is 8.84. The van der Waals surface area contributed by atoms with Crippen molar-refractivity contribution in [1.29, 1.82) is 0 Å². The summed E-state index contributed by atoms with van der Waals surface area (Å²) in [6.07, 6.45) is 7.78. The lowest BCUT2D eigenvalue weighted by Crippen LogP contribution is -2.21. The highest BCUT2D eigenvalue weighted by Crippen LogP contribution is 2.40. The smallest absolute Gasteiger partial charge is 0.0594 e. The quantitative estimate of drug-likeness (QED) is 0.880. The van der Waals surface area contributed by atoms with Crippen molar-refractivity contribution < 1.29 is 4.74 Å². The van der Waals surface area contributed by atoms with Gasteiger partial charge in [0.05, 0.1) is 6.10 Å². The van der Waals surface area contributed by atoms with Crippen molar-refractivity contribution in [2.24, 2.45) is 5.73 Å².